The lowest BCUT2D eigenvalue weighted by Crippen LogP contribution is -2.10. The fourth-order valence-corrected chi connectivity index (χ4v) is 1.04. The fraction of sp³-hybridized carbons (Fsp3) is 1.00. The smallest absolute Gasteiger partial charge is 0.102 e. The third-order valence-electron chi connectivity index (χ3n) is 1.75. The summed E-state index contributed by atoms with van der Waals surface area (Å²) >= 11 is 0. The van der Waals surface area contributed by atoms with Crippen molar-refractivity contribution in [3.8, 4) is 0 Å². The number of halogens is 1. The second-order valence-corrected chi connectivity index (χ2v) is 2.69. The first-order valence-corrected chi connectivity index (χ1v) is 3.86. The second-order valence-electron chi connectivity index (χ2n) is 2.69. The quantitative estimate of drug-likeness (QED) is 0.551. The number of alkyl halides is 1. The van der Waals surface area contributed by atoms with Gasteiger partial charge in [-0.25, -0.2) is 4.39 Å². The molecule has 0 aromatic carbocycles. The molecule has 0 aliphatic carbocycles. The molecule has 0 radical (unpaired) electrons. The van der Waals surface area contributed by atoms with Crippen LogP contribution in [-0.2, 0) is 0 Å². The van der Waals surface area contributed by atoms with Gasteiger partial charge in [0, 0.05) is 0 Å². The predicted molar refractivity (Wildman–Crippen MR) is 39.3 cm³/mol. The lowest BCUT2D eigenvalue weighted by molar-refractivity contribution is 0.224. The summed E-state index contributed by atoms with van der Waals surface area (Å²) in [6.45, 7) is 5.98. The molecule has 0 unspecified atom stereocenters. The van der Waals surface area contributed by atoms with E-state index in [-0.39, 0.29) is 5.92 Å². The molecule has 0 saturated carbocycles. The molecule has 2 atom stereocenters. The zero-order chi connectivity index (χ0) is 7.28. The average Bonchev–Trinajstić information content (AvgIpc) is 1.87. The van der Waals surface area contributed by atoms with Crippen LogP contribution in [0.15, 0.2) is 0 Å². The average molecular weight is 132 g/mol. The summed E-state index contributed by atoms with van der Waals surface area (Å²) in [6.07, 6.45) is 2.21. The highest BCUT2D eigenvalue weighted by atomic mass is 19.1. The van der Waals surface area contributed by atoms with Crippen molar-refractivity contribution in [2.24, 2.45) is 5.92 Å². The Hall–Kier alpha value is -0.0700. The SMILES string of the molecule is CCC[C@@H](C)[C@@H](F)CC. The molecule has 0 N–H and O–H groups in total. The first-order valence-electron chi connectivity index (χ1n) is 3.86. The summed E-state index contributed by atoms with van der Waals surface area (Å²) in [6, 6.07) is 0. The third-order valence-corrected chi connectivity index (χ3v) is 1.75. The highest BCUT2D eigenvalue weighted by molar-refractivity contribution is 4.61. The summed E-state index contributed by atoms with van der Waals surface area (Å²) < 4.78 is 12.7. The van der Waals surface area contributed by atoms with Crippen LogP contribution < -0.4 is 0 Å². The number of hydrogen-bond donors (Lipinski definition) is 0. The van der Waals surface area contributed by atoms with Crippen molar-refractivity contribution in [3.63, 3.8) is 0 Å². The largest absolute Gasteiger partial charge is 0.247 e. The van der Waals surface area contributed by atoms with Gasteiger partial charge in [0.05, 0.1) is 0 Å². The third kappa shape index (κ3) is 3.50. The highest BCUT2D eigenvalue weighted by Crippen LogP contribution is 2.15. The fourth-order valence-electron chi connectivity index (χ4n) is 1.04. The maximum atomic E-state index is 12.7. The van der Waals surface area contributed by atoms with Gasteiger partial charge in [-0.2, -0.15) is 0 Å². The Balaban J connectivity index is 3.32. The van der Waals surface area contributed by atoms with Crippen molar-refractivity contribution in [1.29, 1.82) is 0 Å². The molecule has 9 heavy (non-hydrogen) atoms. The minimum atomic E-state index is -0.579. The molecule has 0 amide bonds. The molecule has 0 rings (SSSR count). The molecular formula is C8H17F. The molecule has 0 aliphatic heterocycles. The van der Waals surface area contributed by atoms with Crippen molar-refractivity contribution in [1.82, 2.24) is 0 Å². The van der Waals surface area contributed by atoms with Gasteiger partial charge in [-0.15, -0.1) is 0 Å². The Bertz CT molecular complexity index is 61.6. The van der Waals surface area contributed by atoms with Gasteiger partial charge in [0.2, 0.25) is 0 Å². The van der Waals surface area contributed by atoms with E-state index in [9.17, 15) is 4.39 Å². The standard InChI is InChI=1S/C8H17F/c1-4-6-7(3)8(9)5-2/h7-8H,4-6H2,1-3H3/t7-,8+/m1/s1. The Kier molecular flexibility index (Phi) is 4.74. The van der Waals surface area contributed by atoms with Crippen molar-refractivity contribution < 1.29 is 4.39 Å². The van der Waals surface area contributed by atoms with E-state index in [4.69, 9.17) is 0 Å². The lowest BCUT2D eigenvalue weighted by Gasteiger charge is -2.12. The lowest BCUT2D eigenvalue weighted by atomic mass is 9.99. The first kappa shape index (κ1) is 8.93. The van der Waals surface area contributed by atoms with Crippen molar-refractivity contribution in [2.45, 2.75) is 46.2 Å². The molecular weight excluding hydrogens is 115 g/mol. The van der Waals surface area contributed by atoms with E-state index in [0.29, 0.717) is 6.42 Å². The Labute approximate surface area is 57.5 Å². The summed E-state index contributed by atoms with van der Waals surface area (Å²) in [5.74, 6) is 0.264. The number of hydrogen-bond acceptors (Lipinski definition) is 0. The molecule has 0 saturated heterocycles. The van der Waals surface area contributed by atoms with E-state index < -0.39 is 6.17 Å². The van der Waals surface area contributed by atoms with Crippen LogP contribution in [0, 0.1) is 5.92 Å². The molecule has 0 bridgehead atoms. The van der Waals surface area contributed by atoms with Gasteiger partial charge in [-0.1, -0.05) is 27.2 Å². The molecule has 0 spiro atoms. The summed E-state index contributed by atoms with van der Waals surface area (Å²) in [7, 11) is 0. The summed E-state index contributed by atoms with van der Waals surface area (Å²) in [5.41, 5.74) is 0. The van der Waals surface area contributed by atoms with Gasteiger partial charge in [0.25, 0.3) is 0 Å². The van der Waals surface area contributed by atoms with Crippen LogP contribution in [0.5, 0.6) is 0 Å². The molecule has 1 heteroatoms. The Morgan fingerprint density at radius 3 is 2.22 bits per heavy atom. The molecule has 0 nitrogen and oxygen atoms in total. The molecule has 0 heterocycles. The Morgan fingerprint density at radius 1 is 1.33 bits per heavy atom. The Morgan fingerprint density at radius 2 is 1.89 bits per heavy atom. The predicted octanol–water partition coefficient (Wildman–Crippen LogP) is 3.17. The maximum Gasteiger partial charge on any atom is 0.102 e. The van der Waals surface area contributed by atoms with Gasteiger partial charge >= 0.3 is 0 Å². The topological polar surface area (TPSA) is 0 Å². The molecule has 56 valence electrons. The van der Waals surface area contributed by atoms with Crippen LogP contribution in [0.4, 0.5) is 4.39 Å². The van der Waals surface area contributed by atoms with Crippen LogP contribution >= 0.6 is 0 Å². The van der Waals surface area contributed by atoms with Crippen LogP contribution in [0.3, 0.4) is 0 Å². The van der Waals surface area contributed by atoms with Gasteiger partial charge in [0.1, 0.15) is 6.17 Å². The minimum Gasteiger partial charge on any atom is -0.247 e. The van der Waals surface area contributed by atoms with Crippen LogP contribution in [-0.4, -0.2) is 6.17 Å². The number of rotatable bonds is 4. The van der Waals surface area contributed by atoms with E-state index >= 15 is 0 Å². The van der Waals surface area contributed by atoms with Crippen LogP contribution in [0.1, 0.15) is 40.0 Å². The minimum absolute atomic E-state index is 0.264. The van der Waals surface area contributed by atoms with E-state index in [1.165, 1.54) is 0 Å². The van der Waals surface area contributed by atoms with Crippen LogP contribution in [0.2, 0.25) is 0 Å². The molecule has 0 fully saturated rings. The van der Waals surface area contributed by atoms with E-state index in [2.05, 4.69) is 6.92 Å². The van der Waals surface area contributed by atoms with Crippen molar-refractivity contribution in [3.05, 3.63) is 0 Å². The molecule has 0 aromatic heterocycles. The van der Waals surface area contributed by atoms with Crippen LogP contribution in [0.25, 0.3) is 0 Å². The first-order chi connectivity index (χ1) is 4.22. The zero-order valence-electron chi connectivity index (χ0n) is 6.65. The maximum absolute atomic E-state index is 12.7. The summed E-state index contributed by atoms with van der Waals surface area (Å²) in [4.78, 5) is 0. The van der Waals surface area contributed by atoms with Crippen molar-refractivity contribution in [2.75, 3.05) is 0 Å². The van der Waals surface area contributed by atoms with E-state index in [0.717, 1.165) is 12.8 Å². The highest BCUT2D eigenvalue weighted by Gasteiger charge is 2.11. The molecule has 0 aromatic rings. The van der Waals surface area contributed by atoms with Gasteiger partial charge in [-0.05, 0) is 18.8 Å². The zero-order valence-corrected chi connectivity index (χ0v) is 6.65. The second kappa shape index (κ2) is 4.78. The van der Waals surface area contributed by atoms with E-state index in [1.54, 1.807) is 0 Å². The van der Waals surface area contributed by atoms with Gasteiger partial charge in [0.15, 0.2) is 0 Å². The van der Waals surface area contributed by atoms with Crippen molar-refractivity contribution >= 4 is 0 Å². The van der Waals surface area contributed by atoms with E-state index in [1.807, 2.05) is 13.8 Å². The van der Waals surface area contributed by atoms with Gasteiger partial charge < -0.3 is 0 Å². The normalized spacial score (nSPS) is 17.3. The van der Waals surface area contributed by atoms with Gasteiger partial charge in [-0.3, -0.25) is 0 Å². The summed E-state index contributed by atoms with van der Waals surface area (Å²) in [5, 5.41) is 0. The molecule has 0 aliphatic rings. The monoisotopic (exact) mass is 132 g/mol.